The fourth-order valence-electron chi connectivity index (χ4n) is 4.13. The summed E-state index contributed by atoms with van der Waals surface area (Å²) in [5, 5.41) is 16.7. The minimum absolute atomic E-state index is 0.144. The average Bonchev–Trinajstić information content (AvgIpc) is 2.68. The van der Waals surface area contributed by atoms with Crippen molar-refractivity contribution in [2.75, 3.05) is 26.7 Å². The van der Waals surface area contributed by atoms with Crippen molar-refractivity contribution in [1.82, 2.24) is 9.80 Å². The van der Waals surface area contributed by atoms with Gasteiger partial charge < -0.3 is 25.7 Å². The molecule has 3 rings (SSSR count). The highest BCUT2D eigenvalue weighted by atomic mass is 16.4. The van der Waals surface area contributed by atoms with Crippen LogP contribution in [0.4, 0.5) is 0 Å². The number of carboxylic acid groups (broad SMARTS) is 2. The maximum absolute atomic E-state index is 12.8. The lowest BCUT2D eigenvalue weighted by Crippen LogP contribution is -2.63. The zero-order valence-electron chi connectivity index (χ0n) is 15.7. The number of likely N-dealkylation sites (tertiary alicyclic amines) is 2. The molecule has 2 fully saturated rings. The molecule has 2 atom stereocenters. The summed E-state index contributed by atoms with van der Waals surface area (Å²) in [6.45, 7) is 1.42. The van der Waals surface area contributed by atoms with Crippen LogP contribution in [-0.4, -0.2) is 77.0 Å². The monoisotopic (exact) mass is 391 g/mol. The highest BCUT2D eigenvalue weighted by Gasteiger charge is 2.52. The molecule has 0 bridgehead atoms. The third-order valence-corrected chi connectivity index (χ3v) is 5.65. The molecule has 9 heteroatoms. The molecule has 4 N–H and O–H groups in total. The molecule has 1 aromatic rings. The Labute approximate surface area is 162 Å². The van der Waals surface area contributed by atoms with Gasteiger partial charge in [-0.3, -0.25) is 19.2 Å². The molecule has 9 nitrogen and oxygen atoms in total. The number of piperidine rings is 2. The predicted octanol–water partition coefficient (Wildman–Crippen LogP) is 0.497. The Balaban J connectivity index is 0.000000878. The quantitative estimate of drug-likeness (QED) is 0.637. The number of hydrogen-bond donors (Lipinski definition) is 3. The molecule has 2 aliphatic heterocycles. The van der Waals surface area contributed by atoms with E-state index >= 15 is 0 Å². The third-order valence-electron chi connectivity index (χ3n) is 5.65. The molecule has 28 heavy (non-hydrogen) atoms. The molecule has 2 saturated heterocycles. The Kier molecular flexibility index (Phi) is 6.74. The number of benzene rings is 1. The Hall–Kier alpha value is -2.94. The summed E-state index contributed by atoms with van der Waals surface area (Å²) in [5.41, 5.74) is 5.29. The van der Waals surface area contributed by atoms with Gasteiger partial charge in [0.05, 0.1) is 5.41 Å². The van der Waals surface area contributed by atoms with Crippen LogP contribution in [0.3, 0.4) is 0 Å². The lowest BCUT2D eigenvalue weighted by atomic mass is 9.68. The molecule has 1 aromatic carbocycles. The smallest absolute Gasteiger partial charge is 0.311 e. The van der Waals surface area contributed by atoms with Crippen molar-refractivity contribution in [3.8, 4) is 0 Å². The third kappa shape index (κ3) is 4.14. The van der Waals surface area contributed by atoms with Crippen molar-refractivity contribution in [2.24, 2.45) is 11.1 Å². The number of carbonyl (C=O) groups excluding carboxylic acids is 2. The standard InChI is InChI=1S/C18H23N3O4.CH2O2/c1-20-9-2-7-18(17(24)25)8-10-21(11-14(18)20)16(23)13-5-3-12(4-6-13)15(19)22;2-1-3/h3-6,14H,2,7-11H2,1H3,(H2,19,22)(H,24,25);1H,(H,2,3)/t14-,18+;/m1./s1. The van der Waals surface area contributed by atoms with Gasteiger partial charge in [0.1, 0.15) is 0 Å². The number of aliphatic carboxylic acids is 1. The summed E-state index contributed by atoms with van der Waals surface area (Å²) in [7, 11) is 1.93. The summed E-state index contributed by atoms with van der Waals surface area (Å²) in [4.78, 5) is 48.0. The normalized spacial score (nSPS) is 24.3. The van der Waals surface area contributed by atoms with E-state index in [0.717, 1.165) is 13.0 Å². The number of primary amides is 1. The van der Waals surface area contributed by atoms with Crippen molar-refractivity contribution in [3.05, 3.63) is 35.4 Å². The van der Waals surface area contributed by atoms with Gasteiger partial charge in [-0.2, -0.15) is 0 Å². The van der Waals surface area contributed by atoms with Gasteiger partial charge in [-0.25, -0.2) is 0 Å². The number of likely N-dealkylation sites (N-methyl/N-ethyl adjacent to an activating group) is 1. The molecule has 0 spiro atoms. The molecule has 2 heterocycles. The van der Waals surface area contributed by atoms with Crippen molar-refractivity contribution in [3.63, 3.8) is 0 Å². The molecule has 0 saturated carbocycles. The van der Waals surface area contributed by atoms with Gasteiger partial charge in [-0.1, -0.05) is 0 Å². The number of rotatable bonds is 3. The lowest BCUT2D eigenvalue weighted by molar-refractivity contribution is -0.161. The zero-order chi connectivity index (χ0) is 20.9. The molecular formula is C19H25N3O6. The Bertz CT molecular complexity index is 751. The van der Waals surface area contributed by atoms with Gasteiger partial charge in [-0.15, -0.1) is 0 Å². The topological polar surface area (TPSA) is 141 Å². The average molecular weight is 391 g/mol. The van der Waals surface area contributed by atoms with E-state index in [1.165, 1.54) is 12.1 Å². The van der Waals surface area contributed by atoms with Gasteiger partial charge in [0.15, 0.2) is 0 Å². The van der Waals surface area contributed by atoms with E-state index in [2.05, 4.69) is 4.90 Å². The summed E-state index contributed by atoms with van der Waals surface area (Å²) >= 11 is 0. The van der Waals surface area contributed by atoms with E-state index in [1.54, 1.807) is 17.0 Å². The molecule has 0 aliphatic carbocycles. The van der Waals surface area contributed by atoms with Gasteiger partial charge in [-0.05, 0) is 57.1 Å². The Morgan fingerprint density at radius 2 is 1.71 bits per heavy atom. The van der Waals surface area contributed by atoms with E-state index in [9.17, 15) is 19.5 Å². The van der Waals surface area contributed by atoms with Gasteiger partial charge in [0.2, 0.25) is 5.91 Å². The van der Waals surface area contributed by atoms with Crippen molar-refractivity contribution < 1.29 is 29.4 Å². The fraction of sp³-hybridized carbons (Fsp3) is 0.474. The SMILES string of the molecule is CN1CCC[C@]2(C(=O)O)CCN(C(=O)c3ccc(C(N)=O)cc3)C[C@@H]12.O=CO. The fourth-order valence-corrected chi connectivity index (χ4v) is 4.13. The molecule has 2 amide bonds. The number of carbonyl (C=O) groups is 4. The molecule has 0 unspecified atom stereocenters. The maximum Gasteiger partial charge on any atom is 0.311 e. The second kappa shape index (κ2) is 8.83. The van der Waals surface area contributed by atoms with E-state index in [0.29, 0.717) is 37.1 Å². The second-order valence-corrected chi connectivity index (χ2v) is 7.11. The van der Waals surface area contributed by atoms with Crippen LogP contribution in [0.1, 0.15) is 40.0 Å². The van der Waals surface area contributed by atoms with E-state index in [1.807, 2.05) is 7.05 Å². The van der Waals surface area contributed by atoms with Crippen LogP contribution in [0.5, 0.6) is 0 Å². The zero-order valence-corrected chi connectivity index (χ0v) is 15.7. The predicted molar refractivity (Wildman–Crippen MR) is 99.9 cm³/mol. The first kappa shape index (κ1) is 21.4. The number of nitrogens with two attached hydrogens (primary N) is 1. The maximum atomic E-state index is 12.8. The second-order valence-electron chi connectivity index (χ2n) is 7.11. The van der Waals surface area contributed by atoms with Crippen LogP contribution in [0, 0.1) is 5.41 Å². The van der Waals surface area contributed by atoms with Crippen LogP contribution in [-0.2, 0) is 9.59 Å². The number of amides is 2. The lowest BCUT2D eigenvalue weighted by Gasteiger charge is -2.51. The van der Waals surface area contributed by atoms with Gasteiger partial charge in [0, 0.05) is 30.3 Å². The van der Waals surface area contributed by atoms with Crippen LogP contribution in [0.2, 0.25) is 0 Å². The van der Waals surface area contributed by atoms with Crippen molar-refractivity contribution >= 4 is 24.3 Å². The van der Waals surface area contributed by atoms with Crippen LogP contribution in [0.25, 0.3) is 0 Å². The number of nitrogens with zero attached hydrogens (tertiary/aromatic N) is 2. The van der Waals surface area contributed by atoms with Crippen molar-refractivity contribution in [2.45, 2.75) is 25.3 Å². The first-order valence-electron chi connectivity index (χ1n) is 8.97. The Morgan fingerprint density at radius 1 is 1.14 bits per heavy atom. The molecule has 2 aliphatic rings. The Morgan fingerprint density at radius 3 is 2.25 bits per heavy atom. The molecule has 152 valence electrons. The van der Waals surface area contributed by atoms with E-state index in [-0.39, 0.29) is 18.4 Å². The van der Waals surface area contributed by atoms with E-state index < -0.39 is 17.3 Å². The number of hydrogen-bond acceptors (Lipinski definition) is 5. The van der Waals surface area contributed by atoms with Crippen LogP contribution < -0.4 is 5.73 Å². The molecule has 0 radical (unpaired) electrons. The first-order valence-corrected chi connectivity index (χ1v) is 8.97. The summed E-state index contributed by atoms with van der Waals surface area (Å²) in [6.07, 6.45) is 1.98. The van der Waals surface area contributed by atoms with Gasteiger partial charge in [0.25, 0.3) is 12.4 Å². The minimum Gasteiger partial charge on any atom is -0.483 e. The number of fused-ring (bicyclic) bond motifs is 1. The molecule has 0 aromatic heterocycles. The van der Waals surface area contributed by atoms with Gasteiger partial charge >= 0.3 is 5.97 Å². The first-order chi connectivity index (χ1) is 13.3. The van der Waals surface area contributed by atoms with Crippen LogP contribution >= 0.6 is 0 Å². The van der Waals surface area contributed by atoms with E-state index in [4.69, 9.17) is 15.6 Å². The summed E-state index contributed by atoms with van der Waals surface area (Å²) in [6, 6.07) is 6.07. The van der Waals surface area contributed by atoms with Crippen molar-refractivity contribution in [1.29, 1.82) is 0 Å². The highest BCUT2D eigenvalue weighted by Crippen LogP contribution is 2.42. The summed E-state index contributed by atoms with van der Waals surface area (Å²) in [5.74, 6) is -1.44. The summed E-state index contributed by atoms with van der Waals surface area (Å²) < 4.78 is 0. The van der Waals surface area contributed by atoms with Crippen LogP contribution in [0.15, 0.2) is 24.3 Å². The molecular weight excluding hydrogens is 366 g/mol. The number of carboxylic acids is 1. The minimum atomic E-state index is -0.764. The highest BCUT2D eigenvalue weighted by molar-refractivity contribution is 5.97. The largest absolute Gasteiger partial charge is 0.483 e.